The lowest BCUT2D eigenvalue weighted by Gasteiger charge is -2.52. The molecular weight excluding hydrogens is 512 g/mol. The molecule has 2 fully saturated rings. The Bertz CT molecular complexity index is 1050. The molecule has 1 spiro atoms. The van der Waals surface area contributed by atoms with Crippen LogP contribution in [0.2, 0.25) is 0 Å². The van der Waals surface area contributed by atoms with Crippen molar-refractivity contribution >= 4 is 11.9 Å². The van der Waals surface area contributed by atoms with Crippen LogP contribution in [-0.4, -0.2) is 68.5 Å². The van der Waals surface area contributed by atoms with Crippen LogP contribution in [0.1, 0.15) is 99.3 Å². The number of fused-ring (bicyclic) bond motifs is 3. The van der Waals surface area contributed by atoms with Gasteiger partial charge in [-0.1, -0.05) is 72.5 Å². The minimum atomic E-state index is -2.12. The third-order valence-corrected chi connectivity index (χ3v) is 10.8. The summed E-state index contributed by atoms with van der Waals surface area (Å²) in [6, 6.07) is 0. The van der Waals surface area contributed by atoms with Gasteiger partial charge in [-0.3, -0.25) is 9.59 Å². The van der Waals surface area contributed by atoms with E-state index < -0.39 is 64.8 Å². The summed E-state index contributed by atoms with van der Waals surface area (Å²) in [6.07, 6.45) is 6.00. The summed E-state index contributed by atoms with van der Waals surface area (Å²) in [4.78, 5) is 25.8. The fraction of sp³-hybridized carbons (Fsp3) is 0.812. The molecule has 1 unspecified atom stereocenters. The van der Waals surface area contributed by atoms with Crippen molar-refractivity contribution in [2.45, 2.75) is 129 Å². The molecule has 4 rings (SSSR count). The second-order valence-electron chi connectivity index (χ2n) is 13.4. The number of carbonyl (C=O) groups is 2. The average Bonchev–Trinajstić information content (AvgIpc) is 3.29. The van der Waals surface area contributed by atoms with E-state index in [-0.39, 0.29) is 23.9 Å². The van der Waals surface area contributed by atoms with Crippen LogP contribution in [-0.2, 0) is 19.1 Å². The van der Waals surface area contributed by atoms with Crippen LogP contribution < -0.4 is 0 Å². The van der Waals surface area contributed by atoms with E-state index in [9.17, 15) is 30.0 Å². The van der Waals surface area contributed by atoms with Gasteiger partial charge in [0.1, 0.15) is 17.3 Å². The lowest BCUT2D eigenvalue weighted by molar-refractivity contribution is -0.225. The molecule has 8 heteroatoms. The minimum Gasteiger partial charge on any atom is -0.458 e. The summed E-state index contributed by atoms with van der Waals surface area (Å²) in [7, 11) is 0. The van der Waals surface area contributed by atoms with E-state index in [0.717, 1.165) is 32.1 Å². The van der Waals surface area contributed by atoms with Gasteiger partial charge in [0, 0.05) is 30.1 Å². The smallest absolute Gasteiger partial charge is 0.306 e. The first kappa shape index (κ1) is 31.2. The molecule has 0 aromatic heterocycles. The number of aliphatic hydroxyl groups is 4. The van der Waals surface area contributed by atoms with Crippen LogP contribution in [0.4, 0.5) is 0 Å². The van der Waals surface area contributed by atoms with E-state index in [1.165, 1.54) is 0 Å². The standard InChI is InChI=1S/C32H50O8/c1-7-9-10-11-12-14-24(35)40-31-17-20(4)30-16-19(3)28(39-23(34)13-8-2)32(30,38)26(36)21(18-33)15-22(27(30)37)25(31)29(31,5)6/h15-16,20,22,25-28,33,36-38H,7-14,17-18H2,1-6H3/t20-,22+,25-,26-,27?,28+,30+,31+,32+/m1/s1. The number of carbonyl (C=O) groups excluding carboxylic acids is 2. The molecule has 0 heterocycles. The monoisotopic (exact) mass is 562 g/mol. The quantitative estimate of drug-likeness (QED) is 0.169. The zero-order valence-corrected chi connectivity index (χ0v) is 25.1. The van der Waals surface area contributed by atoms with Crippen molar-refractivity contribution in [3.63, 3.8) is 0 Å². The summed E-state index contributed by atoms with van der Waals surface area (Å²) in [6.45, 7) is 11.2. The Kier molecular flexibility index (Phi) is 8.70. The first-order valence-electron chi connectivity index (χ1n) is 15.3. The molecule has 0 radical (unpaired) electrons. The maximum atomic E-state index is 13.2. The molecule has 40 heavy (non-hydrogen) atoms. The molecule has 0 aliphatic heterocycles. The van der Waals surface area contributed by atoms with Crippen LogP contribution in [0.15, 0.2) is 23.3 Å². The predicted molar refractivity (Wildman–Crippen MR) is 150 cm³/mol. The SMILES string of the molecule is CCCCCCCC(=O)O[C@@]12C[C@@H](C)[C@]34C=C(C)[C@H](OC(=O)CCC)[C@@]3(O)[C@H](O)C(CO)=C[C@H](C4O)[C@@H]1C2(C)C. The summed E-state index contributed by atoms with van der Waals surface area (Å²) in [5, 5.41) is 46.8. The third kappa shape index (κ3) is 4.40. The van der Waals surface area contributed by atoms with Gasteiger partial charge in [0.05, 0.1) is 18.1 Å². The lowest BCUT2D eigenvalue weighted by Crippen LogP contribution is -2.67. The van der Waals surface area contributed by atoms with Gasteiger partial charge in [-0.05, 0) is 43.3 Å². The van der Waals surface area contributed by atoms with E-state index in [4.69, 9.17) is 9.47 Å². The number of aliphatic hydroxyl groups excluding tert-OH is 3. The van der Waals surface area contributed by atoms with Crippen molar-refractivity contribution in [1.82, 2.24) is 0 Å². The van der Waals surface area contributed by atoms with Gasteiger partial charge in [-0.2, -0.15) is 0 Å². The molecule has 0 aromatic carbocycles. The molecule has 0 aromatic rings. The van der Waals surface area contributed by atoms with Crippen LogP contribution >= 0.6 is 0 Å². The summed E-state index contributed by atoms with van der Waals surface area (Å²) >= 11 is 0. The normalized spacial score (nSPS) is 41.0. The molecule has 2 bridgehead atoms. The predicted octanol–water partition coefficient (Wildman–Crippen LogP) is 3.98. The van der Waals surface area contributed by atoms with E-state index in [1.54, 1.807) is 19.1 Å². The van der Waals surface area contributed by atoms with E-state index in [1.807, 2.05) is 27.7 Å². The van der Waals surface area contributed by atoms with E-state index in [0.29, 0.717) is 24.8 Å². The molecule has 0 saturated heterocycles. The highest BCUT2D eigenvalue weighted by atomic mass is 16.6. The first-order valence-corrected chi connectivity index (χ1v) is 15.3. The van der Waals surface area contributed by atoms with Crippen LogP contribution in [0, 0.1) is 28.6 Å². The minimum absolute atomic E-state index is 0.153. The Balaban J connectivity index is 1.75. The Hall–Kier alpha value is -1.74. The Morgan fingerprint density at radius 1 is 1.02 bits per heavy atom. The number of ether oxygens (including phenoxy) is 2. The highest BCUT2D eigenvalue weighted by Crippen LogP contribution is 2.76. The number of hydrogen-bond acceptors (Lipinski definition) is 8. The van der Waals surface area contributed by atoms with Crippen molar-refractivity contribution < 1.29 is 39.5 Å². The maximum absolute atomic E-state index is 13.2. The van der Waals surface area contributed by atoms with Crippen LogP contribution in [0.5, 0.6) is 0 Å². The highest BCUT2D eigenvalue weighted by molar-refractivity contribution is 5.71. The molecule has 2 saturated carbocycles. The first-order chi connectivity index (χ1) is 18.8. The summed E-state index contributed by atoms with van der Waals surface area (Å²) < 4.78 is 12.2. The Morgan fingerprint density at radius 3 is 2.33 bits per heavy atom. The van der Waals surface area contributed by atoms with E-state index in [2.05, 4.69) is 6.92 Å². The zero-order chi connectivity index (χ0) is 29.7. The van der Waals surface area contributed by atoms with Crippen molar-refractivity contribution in [1.29, 1.82) is 0 Å². The number of hydrogen-bond donors (Lipinski definition) is 4. The zero-order valence-electron chi connectivity index (χ0n) is 25.1. The molecule has 8 nitrogen and oxygen atoms in total. The summed E-state index contributed by atoms with van der Waals surface area (Å²) in [5.41, 5.74) is -4.16. The van der Waals surface area contributed by atoms with Gasteiger partial charge in [0.2, 0.25) is 0 Å². The van der Waals surface area contributed by atoms with Crippen molar-refractivity contribution in [2.75, 3.05) is 6.61 Å². The van der Waals surface area contributed by atoms with Gasteiger partial charge in [-0.15, -0.1) is 0 Å². The van der Waals surface area contributed by atoms with Gasteiger partial charge in [-0.25, -0.2) is 0 Å². The van der Waals surface area contributed by atoms with Crippen molar-refractivity contribution in [2.24, 2.45) is 28.6 Å². The maximum Gasteiger partial charge on any atom is 0.306 e. The van der Waals surface area contributed by atoms with Gasteiger partial charge in [0.25, 0.3) is 0 Å². The number of unbranched alkanes of at least 4 members (excludes halogenated alkanes) is 4. The van der Waals surface area contributed by atoms with E-state index >= 15 is 0 Å². The lowest BCUT2D eigenvalue weighted by atomic mass is 9.58. The van der Waals surface area contributed by atoms with Gasteiger partial charge < -0.3 is 29.9 Å². The van der Waals surface area contributed by atoms with Crippen molar-refractivity contribution in [3.05, 3.63) is 23.3 Å². The number of rotatable bonds is 11. The average molecular weight is 563 g/mol. The second kappa shape index (κ2) is 11.2. The fourth-order valence-electron chi connectivity index (χ4n) is 8.72. The second-order valence-corrected chi connectivity index (χ2v) is 13.4. The molecule has 0 amide bonds. The molecule has 226 valence electrons. The molecule has 9 atom stereocenters. The topological polar surface area (TPSA) is 134 Å². The molecular formula is C32H50O8. The van der Waals surface area contributed by atoms with Gasteiger partial charge >= 0.3 is 11.9 Å². The van der Waals surface area contributed by atoms with Crippen LogP contribution in [0.25, 0.3) is 0 Å². The Morgan fingerprint density at radius 2 is 1.70 bits per heavy atom. The van der Waals surface area contributed by atoms with Crippen molar-refractivity contribution in [3.8, 4) is 0 Å². The highest BCUT2D eigenvalue weighted by Gasteiger charge is 2.83. The fourth-order valence-corrected chi connectivity index (χ4v) is 8.72. The third-order valence-electron chi connectivity index (χ3n) is 10.8. The Labute approximate surface area is 238 Å². The van der Waals surface area contributed by atoms with Crippen LogP contribution in [0.3, 0.4) is 0 Å². The molecule has 4 aliphatic carbocycles. The molecule has 4 aliphatic rings. The van der Waals surface area contributed by atoms with Gasteiger partial charge in [0.15, 0.2) is 6.10 Å². The summed E-state index contributed by atoms with van der Waals surface area (Å²) in [5.74, 6) is -2.13. The molecule has 4 N–H and O–H groups in total. The number of esters is 2. The largest absolute Gasteiger partial charge is 0.458 e.